The van der Waals surface area contributed by atoms with E-state index >= 15 is 0 Å². The zero-order valence-corrected chi connectivity index (χ0v) is 18.9. The highest BCUT2D eigenvalue weighted by Crippen LogP contribution is 2.30. The molecular formula is C24H28FN3O3S. The van der Waals surface area contributed by atoms with E-state index in [1.54, 1.807) is 25.3 Å². The molecule has 1 saturated carbocycles. The van der Waals surface area contributed by atoms with Crippen molar-refractivity contribution in [1.82, 2.24) is 9.80 Å². The Kier molecular flexibility index (Phi) is 7.22. The molecule has 0 unspecified atom stereocenters. The minimum absolute atomic E-state index is 0.0106. The van der Waals surface area contributed by atoms with Gasteiger partial charge >= 0.3 is 0 Å². The van der Waals surface area contributed by atoms with Crippen molar-refractivity contribution in [3.63, 3.8) is 0 Å². The molecule has 6 nitrogen and oxygen atoms in total. The standard InChI is InChI=1S/C24H28FN3O3S/c1-30-21-4-2-3-18(13-21)23(29)28(14-17-5-6-17)16-22-15-27(11-12-31-22)24(32)26-20-9-7-19(25)8-10-20/h2-4,7-10,13,17,22H,5-6,11-12,14-16H2,1H3,(H,26,32)/t22-/m1/s1. The lowest BCUT2D eigenvalue weighted by atomic mass is 10.1. The predicted octanol–water partition coefficient (Wildman–Crippen LogP) is 3.78. The van der Waals surface area contributed by atoms with Crippen molar-refractivity contribution >= 4 is 28.9 Å². The van der Waals surface area contributed by atoms with Gasteiger partial charge in [0.05, 0.1) is 19.8 Å². The van der Waals surface area contributed by atoms with Crippen LogP contribution in [0.3, 0.4) is 0 Å². The number of halogens is 1. The van der Waals surface area contributed by atoms with Crippen molar-refractivity contribution in [1.29, 1.82) is 0 Å². The second-order valence-electron chi connectivity index (χ2n) is 8.26. The van der Waals surface area contributed by atoms with Crippen molar-refractivity contribution in [2.75, 3.05) is 45.2 Å². The monoisotopic (exact) mass is 457 g/mol. The van der Waals surface area contributed by atoms with Gasteiger partial charge in [0.2, 0.25) is 0 Å². The number of carbonyl (C=O) groups excluding carboxylic acids is 1. The average molecular weight is 458 g/mol. The van der Waals surface area contributed by atoms with Gasteiger partial charge in [-0.15, -0.1) is 0 Å². The fraction of sp³-hybridized carbons (Fsp3) is 0.417. The molecule has 0 aromatic heterocycles. The van der Waals surface area contributed by atoms with Gasteiger partial charge in [-0.2, -0.15) is 0 Å². The van der Waals surface area contributed by atoms with Crippen LogP contribution in [0.25, 0.3) is 0 Å². The van der Waals surface area contributed by atoms with Crippen molar-refractivity contribution in [2.24, 2.45) is 5.92 Å². The second kappa shape index (κ2) is 10.3. The van der Waals surface area contributed by atoms with Crippen LogP contribution in [0.15, 0.2) is 48.5 Å². The van der Waals surface area contributed by atoms with Gasteiger partial charge in [0.1, 0.15) is 11.6 Å². The molecule has 2 aromatic carbocycles. The van der Waals surface area contributed by atoms with Gasteiger partial charge in [-0.25, -0.2) is 4.39 Å². The summed E-state index contributed by atoms with van der Waals surface area (Å²) in [7, 11) is 1.60. The van der Waals surface area contributed by atoms with E-state index in [2.05, 4.69) is 5.32 Å². The highest BCUT2D eigenvalue weighted by atomic mass is 32.1. The minimum Gasteiger partial charge on any atom is -0.497 e. The lowest BCUT2D eigenvalue weighted by molar-refractivity contribution is -0.0209. The highest BCUT2D eigenvalue weighted by Gasteiger charge is 2.31. The normalized spacial score (nSPS) is 18.2. The largest absolute Gasteiger partial charge is 0.497 e. The number of benzene rings is 2. The molecule has 1 amide bonds. The molecule has 4 rings (SSSR count). The Labute approximate surface area is 193 Å². The average Bonchev–Trinajstić information content (AvgIpc) is 3.64. The first-order chi connectivity index (χ1) is 15.5. The topological polar surface area (TPSA) is 54.0 Å². The smallest absolute Gasteiger partial charge is 0.254 e. The third-order valence-electron chi connectivity index (χ3n) is 5.72. The van der Waals surface area contributed by atoms with Crippen LogP contribution in [0.5, 0.6) is 5.75 Å². The van der Waals surface area contributed by atoms with Gasteiger partial charge in [-0.1, -0.05) is 6.07 Å². The number of hydrogen-bond acceptors (Lipinski definition) is 4. The Morgan fingerprint density at radius 2 is 2.03 bits per heavy atom. The maximum Gasteiger partial charge on any atom is 0.254 e. The molecule has 0 radical (unpaired) electrons. The van der Waals surface area contributed by atoms with E-state index in [-0.39, 0.29) is 17.8 Å². The molecule has 1 aliphatic heterocycles. The molecule has 8 heteroatoms. The molecule has 0 spiro atoms. The Morgan fingerprint density at radius 1 is 1.25 bits per heavy atom. The van der Waals surface area contributed by atoms with Crippen LogP contribution < -0.4 is 10.1 Å². The highest BCUT2D eigenvalue weighted by molar-refractivity contribution is 7.80. The summed E-state index contributed by atoms with van der Waals surface area (Å²) < 4.78 is 24.4. The number of anilines is 1. The Hall–Kier alpha value is -2.71. The third kappa shape index (κ3) is 5.95. The number of hydrogen-bond donors (Lipinski definition) is 1. The number of morpholine rings is 1. The number of carbonyl (C=O) groups is 1. The zero-order chi connectivity index (χ0) is 22.5. The molecular weight excluding hydrogens is 429 g/mol. The molecule has 1 heterocycles. The van der Waals surface area contributed by atoms with Crippen LogP contribution in [0, 0.1) is 11.7 Å². The van der Waals surface area contributed by atoms with Gasteiger partial charge in [0, 0.05) is 37.4 Å². The summed E-state index contributed by atoms with van der Waals surface area (Å²) in [5, 5.41) is 3.72. The van der Waals surface area contributed by atoms with Gasteiger partial charge in [0.15, 0.2) is 5.11 Å². The number of methoxy groups -OCH3 is 1. The van der Waals surface area contributed by atoms with E-state index in [0.29, 0.717) is 48.6 Å². The number of ether oxygens (including phenoxy) is 2. The Morgan fingerprint density at radius 3 is 2.75 bits per heavy atom. The first-order valence-corrected chi connectivity index (χ1v) is 11.3. The molecule has 2 aliphatic rings. The van der Waals surface area contributed by atoms with Gasteiger partial charge in [0.25, 0.3) is 5.91 Å². The molecule has 32 heavy (non-hydrogen) atoms. The summed E-state index contributed by atoms with van der Waals surface area (Å²) in [6.45, 7) is 3.01. The number of nitrogens with one attached hydrogen (secondary N) is 1. The van der Waals surface area contributed by atoms with Crippen LogP contribution in [-0.2, 0) is 4.74 Å². The summed E-state index contributed by atoms with van der Waals surface area (Å²) in [5.74, 6) is 0.929. The molecule has 170 valence electrons. The fourth-order valence-electron chi connectivity index (χ4n) is 3.79. The fourth-order valence-corrected chi connectivity index (χ4v) is 4.07. The summed E-state index contributed by atoms with van der Waals surface area (Å²) in [6, 6.07) is 13.4. The summed E-state index contributed by atoms with van der Waals surface area (Å²) in [5.41, 5.74) is 1.36. The van der Waals surface area contributed by atoms with E-state index in [1.165, 1.54) is 12.1 Å². The third-order valence-corrected chi connectivity index (χ3v) is 6.09. The van der Waals surface area contributed by atoms with Crippen LogP contribution >= 0.6 is 12.2 Å². The van der Waals surface area contributed by atoms with Crippen molar-refractivity contribution in [3.05, 3.63) is 59.9 Å². The maximum absolute atomic E-state index is 13.3. The van der Waals surface area contributed by atoms with Crippen molar-refractivity contribution in [2.45, 2.75) is 18.9 Å². The Balaban J connectivity index is 1.39. The van der Waals surface area contributed by atoms with Crippen molar-refractivity contribution < 1.29 is 18.7 Å². The quantitative estimate of drug-likeness (QED) is 0.639. The molecule has 1 aliphatic carbocycles. The van der Waals surface area contributed by atoms with E-state index in [4.69, 9.17) is 21.7 Å². The summed E-state index contributed by atoms with van der Waals surface area (Å²) in [4.78, 5) is 17.2. The van der Waals surface area contributed by atoms with Gasteiger partial charge in [-0.05, 0) is 73.4 Å². The summed E-state index contributed by atoms with van der Waals surface area (Å²) in [6.07, 6.45) is 2.17. The zero-order valence-electron chi connectivity index (χ0n) is 18.1. The van der Waals surface area contributed by atoms with E-state index in [1.807, 2.05) is 28.0 Å². The Bertz CT molecular complexity index is 952. The predicted molar refractivity (Wildman–Crippen MR) is 126 cm³/mol. The first kappa shape index (κ1) is 22.5. The molecule has 1 N–H and O–H groups in total. The molecule has 1 saturated heterocycles. The molecule has 2 fully saturated rings. The van der Waals surface area contributed by atoms with E-state index in [9.17, 15) is 9.18 Å². The van der Waals surface area contributed by atoms with Crippen LogP contribution in [-0.4, -0.2) is 66.8 Å². The van der Waals surface area contributed by atoms with Crippen molar-refractivity contribution in [3.8, 4) is 5.75 Å². The number of thiocarbonyl (C=S) groups is 1. The number of amides is 1. The van der Waals surface area contributed by atoms with Crippen LogP contribution in [0.1, 0.15) is 23.2 Å². The first-order valence-electron chi connectivity index (χ1n) is 10.9. The van der Waals surface area contributed by atoms with E-state index < -0.39 is 0 Å². The molecule has 0 bridgehead atoms. The summed E-state index contributed by atoms with van der Waals surface area (Å²) >= 11 is 5.56. The van der Waals surface area contributed by atoms with Crippen LogP contribution in [0.2, 0.25) is 0 Å². The van der Waals surface area contributed by atoms with Crippen LogP contribution in [0.4, 0.5) is 10.1 Å². The number of nitrogens with zero attached hydrogens (tertiary/aromatic N) is 2. The SMILES string of the molecule is COc1cccc(C(=O)N(CC2CC2)C[C@H]2CN(C(=S)Nc3ccc(F)cc3)CCO2)c1. The molecule has 1 atom stereocenters. The number of rotatable bonds is 7. The minimum atomic E-state index is -0.288. The molecule has 2 aromatic rings. The van der Waals surface area contributed by atoms with Gasteiger partial charge < -0.3 is 24.6 Å². The maximum atomic E-state index is 13.3. The van der Waals surface area contributed by atoms with E-state index in [0.717, 1.165) is 25.1 Å². The lowest BCUT2D eigenvalue weighted by Gasteiger charge is -2.37. The lowest BCUT2D eigenvalue weighted by Crippen LogP contribution is -2.51. The second-order valence-corrected chi connectivity index (χ2v) is 8.65. The van der Waals surface area contributed by atoms with Gasteiger partial charge in [-0.3, -0.25) is 4.79 Å².